The Balaban J connectivity index is 1.30. The maximum absolute atomic E-state index is 6.32. The minimum Gasteiger partial charge on any atom is -0.494 e. The van der Waals surface area contributed by atoms with Crippen LogP contribution in [-0.2, 0) is 0 Å². The molecule has 3 rings (SSSR count). The maximum Gasteiger partial charge on any atom is 0.119 e. The third-order valence-corrected chi connectivity index (χ3v) is 4.06. The maximum atomic E-state index is 6.32. The van der Waals surface area contributed by atoms with Crippen molar-refractivity contribution in [3.63, 3.8) is 0 Å². The van der Waals surface area contributed by atoms with Gasteiger partial charge in [0.2, 0.25) is 0 Å². The lowest BCUT2D eigenvalue weighted by molar-refractivity contribution is 0.0504. The summed E-state index contributed by atoms with van der Waals surface area (Å²) in [6.45, 7) is 4.08. The number of rotatable bonds is 6. The minimum atomic E-state index is 0.153. The van der Waals surface area contributed by atoms with Gasteiger partial charge in [0.1, 0.15) is 5.75 Å². The second kappa shape index (κ2) is 4.90. The number of hydrogen-bond acceptors (Lipinski definition) is 3. The van der Waals surface area contributed by atoms with Gasteiger partial charge in [-0.05, 0) is 37.3 Å². The molecule has 2 N–H and O–H groups in total. The molecule has 0 bridgehead atoms. The number of benzene rings is 1. The highest BCUT2D eigenvalue weighted by Crippen LogP contribution is 2.42. The predicted octanol–water partition coefficient (Wildman–Crippen LogP) is 1.88. The second-order valence-corrected chi connectivity index (χ2v) is 5.73. The smallest absolute Gasteiger partial charge is 0.119 e. The van der Waals surface area contributed by atoms with E-state index in [1.54, 1.807) is 0 Å². The Morgan fingerprint density at radius 2 is 1.94 bits per heavy atom. The first kappa shape index (κ1) is 12.0. The number of para-hydroxylation sites is 1. The first-order valence-electron chi connectivity index (χ1n) is 6.95. The molecule has 1 heterocycles. The monoisotopic (exact) mass is 246 g/mol. The molecule has 3 heteroatoms. The van der Waals surface area contributed by atoms with Crippen LogP contribution >= 0.6 is 0 Å². The predicted molar refractivity (Wildman–Crippen MR) is 72.6 cm³/mol. The Bertz CT molecular complexity index is 383. The summed E-state index contributed by atoms with van der Waals surface area (Å²) in [6.07, 6.45) is 3.78. The molecule has 0 spiro atoms. The Morgan fingerprint density at radius 1 is 1.22 bits per heavy atom. The Labute approximate surface area is 109 Å². The lowest BCUT2D eigenvalue weighted by atomic mass is 9.86. The number of ether oxygens (including phenoxy) is 1. The van der Waals surface area contributed by atoms with Crippen molar-refractivity contribution in [2.75, 3.05) is 26.2 Å². The molecule has 1 saturated heterocycles. The molecule has 1 aromatic carbocycles. The van der Waals surface area contributed by atoms with Gasteiger partial charge in [-0.2, -0.15) is 0 Å². The summed E-state index contributed by atoms with van der Waals surface area (Å²) in [5.41, 5.74) is 6.47. The standard InChI is InChI=1S/C15H22N2O/c16-15(13-7-8-13)11-17(12-15)9-4-10-18-14-5-2-1-3-6-14/h1-3,5-6,13H,4,7-12,16H2. The quantitative estimate of drug-likeness (QED) is 0.779. The molecule has 0 aromatic heterocycles. The third-order valence-electron chi connectivity index (χ3n) is 4.06. The van der Waals surface area contributed by atoms with Crippen molar-refractivity contribution in [3.8, 4) is 5.75 Å². The summed E-state index contributed by atoms with van der Waals surface area (Å²) in [7, 11) is 0. The number of hydrogen-bond donors (Lipinski definition) is 1. The van der Waals surface area contributed by atoms with Crippen molar-refractivity contribution in [2.45, 2.75) is 24.8 Å². The van der Waals surface area contributed by atoms with E-state index >= 15 is 0 Å². The summed E-state index contributed by atoms with van der Waals surface area (Å²) >= 11 is 0. The van der Waals surface area contributed by atoms with Crippen molar-refractivity contribution in [3.05, 3.63) is 30.3 Å². The van der Waals surface area contributed by atoms with E-state index in [1.165, 1.54) is 12.8 Å². The SMILES string of the molecule is NC1(C2CC2)CN(CCCOc2ccccc2)C1. The van der Waals surface area contributed by atoms with Crippen molar-refractivity contribution in [2.24, 2.45) is 11.7 Å². The molecule has 2 fully saturated rings. The van der Waals surface area contributed by atoms with Crippen LogP contribution in [0, 0.1) is 5.92 Å². The van der Waals surface area contributed by atoms with Crippen LogP contribution in [0.4, 0.5) is 0 Å². The fraction of sp³-hybridized carbons (Fsp3) is 0.600. The molecule has 2 aliphatic rings. The van der Waals surface area contributed by atoms with Crippen LogP contribution in [0.15, 0.2) is 30.3 Å². The van der Waals surface area contributed by atoms with Crippen LogP contribution in [-0.4, -0.2) is 36.7 Å². The molecule has 1 aromatic rings. The Morgan fingerprint density at radius 3 is 2.61 bits per heavy atom. The molecule has 0 radical (unpaired) electrons. The molecule has 0 atom stereocenters. The normalized spacial score (nSPS) is 22.5. The fourth-order valence-corrected chi connectivity index (χ4v) is 2.86. The zero-order valence-corrected chi connectivity index (χ0v) is 10.8. The summed E-state index contributed by atoms with van der Waals surface area (Å²) in [5.74, 6) is 1.78. The Hall–Kier alpha value is -1.06. The van der Waals surface area contributed by atoms with Gasteiger partial charge in [-0.15, -0.1) is 0 Å². The van der Waals surface area contributed by atoms with Crippen LogP contribution in [0.3, 0.4) is 0 Å². The average Bonchev–Trinajstić information content (AvgIpc) is 3.17. The molecule has 1 aliphatic carbocycles. The number of likely N-dealkylation sites (tertiary alicyclic amines) is 1. The molecule has 1 saturated carbocycles. The van der Waals surface area contributed by atoms with E-state index in [9.17, 15) is 0 Å². The molecule has 1 aliphatic heterocycles. The van der Waals surface area contributed by atoms with Gasteiger partial charge < -0.3 is 10.5 Å². The van der Waals surface area contributed by atoms with Crippen LogP contribution < -0.4 is 10.5 Å². The van der Waals surface area contributed by atoms with Gasteiger partial charge in [0.05, 0.1) is 6.61 Å². The molecular formula is C15H22N2O. The van der Waals surface area contributed by atoms with Gasteiger partial charge in [0.25, 0.3) is 0 Å². The van der Waals surface area contributed by atoms with E-state index < -0.39 is 0 Å². The van der Waals surface area contributed by atoms with E-state index in [1.807, 2.05) is 30.3 Å². The van der Waals surface area contributed by atoms with E-state index in [4.69, 9.17) is 10.5 Å². The second-order valence-electron chi connectivity index (χ2n) is 5.73. The van der Waals surface area contributed by atoms with Crippen LogP contribution in [0.1, 0.15) is 19.3 Å². The van der Waals surface area contributed by atoms with E-state index in [-0.39, 0.29) is 5.54 Å². The van der Waals surface area contributed by atoms with Gasteiger partial charge in [0.15, 0.2) is 0 Å². The lowest BCUT2D eigenvalue weighted by Crippen LogP contribution is -2.68. The molecule has 0 amide bonds. The van der Waals surface area contributed by atoms with E-state index in [0.717, 1.165) is 44.3 Å². The fourth-order valence-electron chi connectivity index (χ4n) is 2.86. The zero-order chi connectivity index (χ0) is 12.4. The van der Waals surface area contributed by atoms with Crippen molar-refractivity contribution in [1.29, 1.82) is 0 Å². The highest BCUT2D eigenvalue weighted by Gasteiger charge is 2.49. The summed E-state index contributed by atoms with van der Waals surface area (Å²) in [4.78, 5) is 2.45. The molecular weight excluding hydrogens is 224 g/mol. The molecule has 0 unspecified atom stereocenters. The molecule has 98 valence electrons. The highest BCUT2D eigenvalue weighted by atomic mass is 16.5. The minimum absolute atomic E-state index is 0.153. The van der Waals surface area contributed by atoms with Gasteiger partial charge in [-0.3, -0.25) is 4.90 Å². The number of nitrogens with zero attached hydrogens (tertiary/aromatic N) is 1. The highest BCUT2D eigenvalue weighted by molar-refractivity contribution is 5.20. The van der Waals surface area contributed by atoms with Crippen LogP contribution in [0.2, 0.25) is 0 Å². The van der Waals surface area contributed by atoms with Crippen LogP contribution in [0.25, 0.3) is 0 Å². The zero-order valence-electron chi connectivity index (χ0n) is 10.8. The summed E-state index contributed by atoms with van der Waals surface area (Å²) in [6, 6.07) is 10.0. The third kappa shape index (κ3) is 2.68. The van der Waals surface area contributed by atoms with Crippen molar-refractivity contribution >= 4 is 0 Å². The lowest BCUT2D eigenvalue weighted by Gasteiger charge is -2.48. The first-order chi connectivity index (χ1) is 8.76. The topological polar surface area (TPSA) is 38.5 Å². The van der Waals surface area contributed by atoms with E-state index in [2.05, 4.69) is 4.90 Å². The van der Waals surface area contributed by atoms with Gasteiger partial charge in [0, 0.05) is 25.2 Å². The van der Waals surface area contributed by atoms with Crippen LogP contribution in [0.5, 0.6) is 5.75 Å². The first-order valence-corrected chi connectivity index (χ1v) is 6.95. The molecule has 18 heavy (non-hydrogen) atoms. The average molecular weight is 246 g/mol. The number of nitrogens with two attached hydrogens (primary N) is 1. The largest absolute Gasteiger partial charge is 0.494 e. The van der Waals surface area contributed by atoms with E-state index in [0.29, 0.717) is 0 Å². The summed E-state index contributed by atoms with van der Waals surface area (Å²) < 4.78 is 5.68. The summed E-state index contributed by atoms with van der Waals surface area (Å²) in [5, 5.41) is 0. The molecule has 3 nitrogen and oxygen atoms in total. The van der Waals surface area contributed by atoms with Gasteiger partial charge in [-0.25, -0.2) is 0 Å². The van der Waals surface area contributed by atoms with Gasteiger partial charge >= 0.3 is 0 Å². The van der Waals surface area contributed by atoms with Crippen molar-refractivity contribution < 1.29 is 4.74 Å². The Kier molecular flexibility index (Phi) is 3.27. The van der Waals surface area contributed by atoms with Gasteiger partial charge in [-0.1, -0.05) is 18.2 Å². The van der Waals surface area contributed by atoms with Crippen molar-refractivity contribution in [1.82, 2.24) is 4.90 Å².